The minimum Gasteiger partial charge on any atom is -0.355 e. The van der Waals surface area contributed by atoms with E-state index in [4.69, 9.17) is 5.73 Å². The number of piperidine rings is 1. The molecule has 0 saturated carbocycles. The first kappa shape index (κ1) is 20.2. The minimum atomic E-state index is -4.42. The molecule has 1 aliphatic heterocycles. The van der Waals surface area contributed by atoms with Gasteiger partial charge in [-0.25, -0.2) is 0 Å². The third kappa shape index (κ3) is 4.65. The first-order valence-electron chi connectivity index (χ1n) is 9.34. The lowest BCUT2D eigenvalue weighted by molar-refractivity contribution is -0.137. The van der Waals surface area contributed by atoms with Crippen molar-refractivity contribution in [3.8, 4) is 0 Å². The van der Waals surface area contributed by atoms with Gasteiger partial charge in [0.25, 0.3) is 5.91 Å². The highest BCUT2D eigenvalue weighted by molar-refractivity contribution is 6.00. The number of para-hydroxylation sites is 1. The van der Waals surface area contributed by atoms with Crippen LogP contribution in [0.1, 0.15) is 35.7 Å². The number of hydrogen-bond acceptors (Lipinski definition) is 3. The van der Waals surface area contributed by atoms with Gasteiger partial charge in [0.1, 0.15) is 0 Å². The molecular formula is C21H24F3N3O. The average Bonchev–Trinajstić information content (AvgIpc) is 2.67. The van der Waals surface area contributed by atoms with Gasteiger partial charge in [-0.1, -0.05) is 18.2 Å². The minimum absolute atomic E-state index is 0.104. The van der Waals surface area contributed by atoms with E-state index in [9.17, 15) is 18.0 Å². The number of halogens is 3. The van der Waals surface area contributed by atoms with E-state index in [1.165, 1.54) is 6.07 Å². The van der Waals surface area contributed by atoms with E-state index in [-0.39, 0.29) is 17.6 Å². The number of nitrogens with two attached hydrogens (primary N) is 1. The van der Waals surface area contributed by atoms with Crippen molar-refractivity contribution in [2.24, 2.45) is 11.7 Å². The molecule has 1 saturated heterocycles. The van der Waals surface area contributed by atoms with E-state index in [1.54, 1.807) is 35.2 Å². The van der Waals surface area contributed by atoms with Crippen molar-refractivity contribution in [1.82, 2.24) is 4.90 Å². The summed E-state index contributed by atoms with van der Waals surface area (Å²) >= 11 is 0. The lowest BCUT2D eigenvalue weighted by Gasteiger charge is -2.34. The number of nitrogens with zero attached hydrogens (tertiary/aromatic N) is 1. The van der Waals surface area contributed by atoms with Crippen molar-refractivity contribution in [3.05, 3.63) is 59.7 Å². The number of carbonyl (C=O) groups excluding carboxylic acids is 1. The number of nitrogens with one attached hydrogen (secondary N) is 1. The predicted molar refractivity (Wildman–Crippen MR) is 103 cm³/mol. The summed E-state index contributed by atoms with van der Waals surface area (Å²) in [4.78, 5) is 14.8. The van der Waals surface area contributed by atoms with Crippen LogP contribution in [0.15, 0.2) is 48.5 Å². The van der Waals surface area contributed by atoms with Gasteiger partial charge in [-0.15, -0.1) is 0 Å². The Morgan fingerprint density at radius 3 is 2.46 bits per heavy atom. The highest BCUT2D eigenvalue weighted by Gasteiger charge is 2.30. The molecule has 4 nitrogen and oxygen atoms in total. The molecule has 3 rings (SSSR count). The lowest BCUT2D eigenvalue weighted by atomic mass is 9.90. The zero-order chi connectivity index (χ0) is 20.3. The number of hydrogen-bond donors (Lipinski definition) is 2. The van der Waals surface area contributed by atoms with Crippen LogP contribution in [0.4, 0.5) is 24.5 Å². The summed E-state index contributed by atoms with van der Waals surface area (Å²) in [6, 6.07) is 11.9. The molecule has 1 unspecified atom stereocenters. The second kappa shape index (κ2) is 8.22. The number of alkyl halides is 3. The molecule has 1 fully saturated rings. The van der Waals surface area contributed by atoms with Crippen LogP contribution in [0.25, 0.3) is 0 Å². The smallest absolute Gasteiger partial charge is 0.355 e. The molecule has 1 aliphatic rings. The molecule has 0 aromatic heterocycles. The molecule has 0 radical (unpaired) electrons. The molecule has 0 aliphatic carbocycles. The highest BCUT2D eigenvalue weighted by atomic mass is 19.4. The zero-order valence-electron chi connectivity index (χ0n) is 15.7. The van der Waals surface area contributed by atoms with Crippen LogP contribution in [0.5, 0.6) is 0 Å². The van der Waals surface area contributed by atoms with Crippen LogP contribution in [0.2, 0.25) is 0 Å². The quantitative estimate of drug-likeness (QED) is 0.798. The predicted octanol–water partition coefficient (Wildman–Crippen LogP) is 4.65. The maximum atomic E-state index is 13.0. The molecule has 2 aromatic rings. The molecule has 1 amide bonds. The van der Waals surface area contributed by atoms with Crippen molar-refractivity contribution >= 4 is 17.3 Å². The Labute approximate surface area is 162 Å². The second-order valence-electron chi connectivity index (χ2n) is 7.24. The van der Waals surface area contributed by atoms with Crippen molar-refractivity contribution in [2.45, 2.75) is 32.0 Å². The molecule has 0 spiro atoms. The Morgan fingerprint density at radius 2 is 1.82 bits per heavy atom. The Balaban J connectivity index is 1.78. The van der Waals surface area contributed by atoms with Crippen LogP contribution in [-0.4, -0.2) is 29.9 Å². The SMILES string of the molecule is CC(N)C1CCN(C(=O)c2ccccc2Nc2cccc(C(F)(F)F)c2)CC1. The average molecular weight is 391 g/mol. The van der Waals surface area contributed by atoms with Crippen molar-refractivity contribution < 1.29 is 18.0 Å². The summed E-state index contributed by atoms with van der Waals surface area (Å²) in [5.41, 5.74) is 6.44. The molecule has 0 bridgehead atoms. The van der Waals surface area contributed by atoms with Crippen molar-refractivity contribution in [1.29, 1.82) is 0 Å². The largest absolute Gasteiger partial charge is 0.416 e. The van der Waals surface area contributed by atoms with E-state index in [2.05, 4.69) is 5.32 Å². The Kier molecular flexibility index (Phi) is 5.93. The monoisotopic (exact) mass is 391 g/mol. The third-order valence-electron chi connectivity index (χ3n) is 5.20. The molecular weight excluding hydrogens is 367 g/mol. The van der Waals surface area contributed by atoms with Crippen LogP contribution < -0.4 is 11.1 Å². The van der Waals surface area contributed by atoms with Crippen LogP contribution in [0, 0.1) is 5.92 Å². The number of anilines is 2. The van der Waals surface area contributed by atoms with E-state index in [1.807, 2.05) is 6.92 Å². The highest BCUT2D eigenvalue weighted by Crippen LogP contribution is 2.32. The van der Waals surface area contributed by atoms with Gasteiger partial charge in [0.15, 0.2) is 0 Å². The number of amides is 1. The fourth-order valence-corrected chi connectivity index (χ4v) is 3.51. The standard InChI is InChI=1S/C21H24F3N3O/c1-14(25)15-9-11-27(12-10-15)20(28)18-7-2-3-8-19(18)26-17-6-4-5-16(13-17)21(22,23)24/h2-8,13-15,26H,9-12,25H2,1H3. The normalized spacial score (nSPS) is 16.7. The molecule has 1 heterocycles. The second-order valence-corrected chi connectivity index (χ2v) is 7.24. The summed E-state index contributed by atoms with van der Waals surface area (Å²) < 4.78 is 38.8. The zero-order valence-corrected chi connectivity index (χ0v) is 15.7. The van der Waals surface area contributed by atoms with E-state index >= 15 is 0 Å². The van der Waals surface area contributed by atoms with Crippen LogP contribution in [-0.2, 0) is 6.18 Å². The number of rotatable bonds is 4. The molecule has 1 atom stereocenters. The van der Waals surface area contributed by atoms with Gasteiger partial charge >= 0.3 is 6.18 Å². The topological polar surface area (TPSA) is 58.4 Å². The van der Waals surface area contributed by atoms with E-state index in [0.29, 0.717) is 30.3 Å². The third-order valence-corrected chi connectivity index (χ3v) is 5.20. The fourth-order valence-electron chi connectivity index (χ4n) is 3.51. The van der Waals surface area contributed by atoms with E-state index < -0.39 is 11.7 Å². The fraction of sp³-hybridized carbons (Fsp3) is 0.381. The van der Waals surface area contributed by atoms with Crippen LogP contribution in [0.3, 0.4) is 0 Å². The first-order valence-corrected chi connectivity index (χ1v) is 9.34. The van der Waals surface area contributed by atoms with Crippen molar-refractivity contribution in [3.63, 3.8) is 0 Å². The van der Waals surface area contributed by atoms with Gasteiger partial charge in [-0.2, -0.15) is 13.2 Å². The van der Waals surface area contributed by atoms with Crippen LogP contribution >= 0.6 is 0 Å². The Morgan fingerprint density at radius 1 is 1.14 bits per heavy atom. The van der Waals surface area contributed by atoms with E-state index in [0.717, 1.165) is 25.0 Å². The Bertz CT molecular complexity index is 828. The van der Waals surface area contributed by atoms with Gasteiger partial charge in [0, 0.05) is 24.8 Å². The van der Waals surface area contributed by atoms with Gasteiger partial charge in [0.05, 0.1) is 16.8 Å². The lowest BCUT2D eigenvalue weighted by Crippen LogP contribution is -2.42. The van der Waals surface area contributed by atoms with Gasteiger partial charge < -0.3 is 16.0 Å². The summed E-state index contributed by atoms with van der Waals surface area (Å²) in [5.74, 6) is 0.278. The summed E-state index contributed by atoms with van der Waals surface area (Å²) in [6.07, 6.45) is -2.71. The van der Waals surface area contributed by atoms with Gasteiger partial charge in [-0.3, -0.25) is 4.79 Å². The molecule has 28 heavy (non-hydrogen) atoms. The first-order chi connectivity index (χ1) is 13.3. The molecule has 3 N–H and O–H groups in total. The van der Waals surface area contributed by atoms with Crippen molar-refractivity contribution in [2.75, 3.05) is 18.4 Å². The van der Waals surface area contributed by atoms with Gasteiger partial charge in [0.2, 0.25) is 0 Å². The summed E-state index contributed by atoms with van der Waals surface area (Å²) in [6.45, 7) is 3.24. The van der Waals surface area contributed by atoms with Gasteiger partial charge in [-0.05, 0) is 56.0 Å². The molecule has 7 heteroatoms. The summed E-state index contributed by atoms with van der Waals surface area (Å²) in [5, 5.41) is 2.96. The summed E-state index contributed by atoms with van der Waals surface area (Å²) in [7, 11) is 0. The maximum Gasteiger partial charge on any atom is 0.416 e. The number of carbonyl (C=O) groups is 1. The molecule has 2 aromatic carbocycles. The Hall–Kier alpha value is -2.54. The molecule has 150 valence electrons. The number of likely N-dealkylation sites (tertiary alicyclic amines) is 1. The maximum absolute atomic E-state index is 13.0. The number of benzene rings is 2.